The summed E-state index contributed by atoms with van der Waals surface area (Å²) in [6.45, 7) is 2.95. The zero-order valence-electron chi connectivity index (χ0n) is 13.5. The minimum Gasteiger partial charge on any atom is -0.467 e. The maximum absolute atomic E-state index is 12.7. The van der Waals surface area contributed by atoms with E-state index in [1.165, 1.54) is 39.2 Å². The van der Waals surface area contributed by atoms with Gasteiger partial charge in [-0.1, -0.05) is 26.2 Å². The first-order chi connectivity index (χ1) is 10.2. The zero-order chi connectivity index (χ0) is 15.2. The van der Waals surface area contributed by atoms with E-state index in [-0.39, 0.29) is 23.8 Å². The van der Waals surface area contributed by atoms with Gasteiger partial charge in [-0.25, -0.2) is 4.79 Å². The summed E-state index contributed by atoms with van der Waals surface area (Å²) in [6, 6.07) is -0.333. The molecule has 0 spiro atoms. The lowest BCUT2D eigenvalue weighted by atomic mass is 9.79. The fraction of sp³-hybridized carbons (Fsp3) is 0.882. The third-order valence-electron chi connectivity index (χ3n) is 5.17. The van der Waals surface area contributed by atoms with Crippen molar-refractivity contribution in [2.24, 2.45) is 11.8 Å². The highest BCUT2D eigenvalue weighted by molar-refractivity contribution is 5.86. The summed E-state index contributed by atoms with van der Waals surface area (Å²) in [4.78, 5) is 26.2. The molecular weight excluding hydrogens is 266 g/mol. The molecule has 2 rings (SSSR count). The van der Waals surface area contributed by atoms with Gasteiger partial charge in [-0.15, -0.1) is 0 Å². The van der Waals surface area contributed by atoms with Gasteiger partial charge in [0.05, 0.1) is 7.11 Å². The summed E-state index contributed by atoms with van der Waals surface area (Å²) < 4.78 is 4.83. The zero-order valence-corrected chi connectivity index (χ0v) is 13.5. The summed E-state index contributed by atoms with van der Waals surface area (Å²) in [6.07, 6.45) is 9.89. The van der Waals surface area contributed by atoms with Crippen molar-refractivity contribution in [3.8, 4) is 0 Å². The molecule has 0 bridgehead atoms. The van der Waals surface area contributed by atoms with Crippen molar-refractivity contribution in [2.45, 2.75) is 70.8 Å². The lowest BCUT2D eigenvalue weighted by Crippen LogP contribution is -2.44. The van der Waals surface area contributed by atoms with E-state index in [4.69, 9.17) is 4.74 Å². The van der Waals surface area contributed by atoms with Gasteiger partial charge in [0.2, 0.25) is 5.91 Å². The number of unbranched alkanes of at least 4 members (excludes halogenated alkanes) is 1. The van der Waals surface area contributed by atoms with Gasteiger partial charge in [0.1, 0.15) is 6.04 Å². The highest BCUT2D eigenvalue weighted by Gasteiger charge is 2.38. The van der Waals surface area contributed by atoms with Crippen molar-refractivity contribution < 1.29 is 14.3 Å². The summed E-state index contributed by atoms with van der Waals surface area (Å²) >= 11 is 0. The molecule has 1 aliphatic carbocycles. The Hall–Kier alpha value is -1.06. The number of rotatable bonds is 5. The average Bonchev–Trinajstić information content (AvgIpc) is 3.01. The molecule has 21 heavy (non-hydrogen) atoms. The summed E-state index contributed by atoms with van der Waals surface area (Å²) in [5, 5.41) is 0. The Bertz CT molecular complexity index is 361. The molecule has 0 radical (unpaired) electrons. The Kier molecular flexibility index (Phi) is 6.07. The van der Waals surface area contributed by atoms with Crippen molar-refractivity contribution in [1.82, 2.24) is 4.90 Å². The summed E-state index contributed by atoms with van der Waals surface area (Å²) in [5.41, 5.74) is 0. The predicted octanol–water partition coefficient (Wildman–Crippen LogP) is 3.15. The monoisotopic (exact) mass is 295 g/mol. The molecule has 120 valence electrons. The van der Waals surface area contributed by atoms with Crippen LogP contribution in [0, 0.1) is 11.8 Å². The lowest BCUT2D eigenvalue weighted by molar-refractivity contribution is -0.152. The highest BCUT2D eigenvalue weighted by atomic mass is 16.5. The van der Waals surface area contributed by atoms with Crippen LogP contribution in [0.3, 0.4) is 0 Å². The normalized spacial score (nSPS) is 29.4. The minimum atomic E-state index is -0.333. The molecule has 1 saturated heterocycles. The number of esters is 1. The molecule has 1 atom stereocenters. The first-order valence-electron chi connectivity index (χ1n) is 8.55. The van der Waals surface area contributed by atoms with Gasteiger partial charge in [0, 0.05) is 12.5 Å². The standard InChI is InChI=1S/C17H29NO3/c1-3-4-6-13-8-10-14(11-9-13)16(19)18-12-5-7-15(18)17(20)21-2/h13-15H,3-12H2,1-2H3. The van der Waals surface area contributed by atoms with Gasteiger partial charge in [-0.2, -0.15) is 0 Å². The summed E-state index contributed by atoms with van der Waals surface area (Å²) in [7, 11) is 1.41. The number of carbonyl (C=O) groups excluding carboxylic acids is 2. The maximum atomic E-state index is 12.7. The number of hydrogen-bond donors (Lipinski definition) is 0. The van der Waals surface area contributed by atoms with Gasteiger partial charge in [-0.05, 0) is 44.4 Å². The topological polar surface area (TPSA) is 46.6 Å². The molecule has 1 amide bonds. The number of ether oxygens (including phenoxy) is 1. The van der Waals surface area contributed by atoms with Gasteiger partial charge in [-0.3, -0.25) is 4.79 Å². The van der Waals surface area contributed by atoms with E-state index in [0.717, 1.165) is 31.6 Å². The number of likely N-dealkylation sites (tertiary alicyclic amines) is 1. The van der Waals surface area contributed by atoms with Crippen LogP contribution in [0.5, 0.6) is 0 Å². The number of methoxy groups -OCH3 is 1. The Morgan fingerprint density at radius 2 is 1.86 bits per heavy atom. The number of hydrogen-bond acceptors (Lipinski definition) is 3. The van der Waals surface area contributed by atoms with E-state index in [1.54, 1.807) is 4.90 Å². The minimum absolute atomic E-state index is 0.133. The van der Waals surface area contributed by atoms with Crippen molar-refractivity contribution in [1.29, 1.82) is 0 Å². The second-order valence-corrected chi connectivity index (χ2v) is 6.57. The van der Waals surface area contributed by atoms with Crippen LogP contribution in [-0.2, 0) is 14.3 Å². The molecular formula is C17H29NO3. The first kappa shape index (κ1) is 16.3. The Balaban J connectivity index is 1.85. The van der Waals surface area contributed by atoms with E-state index in [0.29, 0.717) is 6.54 Å². The van der Waals surface area contributed by atoms with E-state index in [2.05, 4.69) is 6.92 Å². The predicted molar refractivity (Wildman–Crippen MR) is 81.7 cm³/mol. The highest BCUT2D eigenvalue weighted by Crippen LogP contribution is 2.34. The van der Waals surface area contributed by atoms with Crippen molar-refractivity contribution in [3.63, 3.8) is 0 Å². The van der Waals surface area contributed by atoms with Crippen LogP contribution in [0.15, 0.2) is 0 Å². The smallest absolute Gasteiger partial charge is 0.328 e. The van der Waals surface area contributed by atoms with Crippen LogP contribution in [-0.4, -0.2) is 36.5 Å². The van der Waals surface area contributed by atoms with Gasteiger partial charge in [0.25, 0.3) is 0 Å². The average molecular weight is 295 g/mol. The molecule has 1 saturated carbocycles. The van der Waals surface area contributed by atoms with Crippen molar-refractivity contribution in [2.75, 3.05) is 13.7 Å². The quantitative estimate of drug-likeness (QED) is 0.732. The molecule has 0 aromatic heterocycles. The van der Waals surface area contributed by atoms with E-state index >= 15 is 0 Å². The van der Waals surface area contributed by atoms with Crippen LogP contribution in [0.1, 0.15) is 64.7 Å². The molecule has 0 aromatic rings. The Labute approximate surface area is 128 Å². The van der Waals surface area contributed by atoms with Crippen molar-refractivity contribution in [3.05, 3.63) is 0 Å². The maximum Gasteiger partial charge on any atom is 0.328 e. The molecule has 0 aromatic carbocycles. The molecule has 2 fully saturated rings. The fourth-order valence-electron chi connectivity index (χ4n) is 3.84. The molecule has 1 unspecified atom stereocenters. The van der Waals surface area contributed by atoms with E-state index in [9.17, 15) is 9.59 Å². The third-order valence-corrected chi connectivity index (χ3v) is 5.17. The number of carbonyl (C=O) groups is 2. The number of nitrogens with zero attached hydrogens (tertiary/aromatic N) is 1. The molecule has 1 heterocycles. The second-order valence-electron chi connectivity index (χ2n) is 6.57. The molecule has 2 aliphatic rings. The first-order valence-corrected chi connectivity index (χ1v) is 8.55. The van der Waals surface area contributed by atoms with Crippen LogP contribution >= 0.6 is 0 Å². The van der Waals surface area contributed by atoms with Crippen LogP contribution in [0.2, 0.25) is 0 Å². The van der Waals surface area contributed by atoms with Crippen molar-refractivity contribution >= 4 is 11.9 Å². The second kappa shape index (κ2) is 7.81. The summed E-state index contributed by atoms with van der Waals surface area (Å²) in [5.74, 6) is 0.881. The van der Waals surface area contributed by atoms with Gasteiger partial charge >= 0.3 is 5.97 Å². The molecule has 4 heteroatoms. The SMILES string of the molecule is CCCCC1CCC(C(=O)N2CCCC2C(=O)OC)CC1. The van der Waals surface area contributed by atoms with Crippen LogP contribution in [0.25, 0.3) is 0 Å². The molecule has 1 aliphatic heterocycles. The number of amides is 1. The molecule has 4 nitrogen and oxygen atoms in total. The van der Waals surface area contributed by atoms with Crippen LogP contribution in [0.4, 0.5) is 0 Å². The van der Waals surface area contributed by atoms with Gasteiger partial charge in [0.15, 0.2) is 0 Å². The van der Waals surface area contributed by atoms with E-state index < -0.39 is 0 Å². The largest absolute Gasteiger partial charge is 0.467 e. The van der Waals surface area contributed by atoms with E-state index in [1.807, 2.05) is 0 Å². The Morgan fingerprint density at radius 1 is 1.14 bits per heavy atom. The van der Waals surface area contributed by atoms with Gasteiger partial charge < -0.3 is 9.64 Å². The van der Waals surface area contributed by atoms with Crippen LogP contribution < -0.4 is 0 Å². The third kappa shape index (κ3) is 3.98. The lowest BCUT2D eigenvalue weighted by Gasteiger charge is -2.32. The Morgan fingerprint density at radius 3 is 2.48 bits per heavy atom. The molecule has 0 N–H and O–H groups in total. The fourth-order valence-corrected chi connectivity index (χ4v) is 3.84.